The maximum Gasteiger partial charge on any atom is 0.0481 e. The summed E-state index contributed by atoms with van der Waals surface area (Å²) in [5, 5.41) is 1.34. The first kappa shape index (κ1) is 13.2. The third-order valence-corrected chi connectivity index (χ3v) is 3.52. The first-order valence-corrected chi connectivity index (χ1v) is 6.89. The van der Waals surface area contributed by atoms with Gasteiger partial charge in [0, 0.05) is 29.0 Å². The number of aryl methyl sites for hydroxylation is 2. The Balaban J connectivity index is 0.000000606. The molecule has 1 heterocycles. The van der Waals surface area contributed by atoms with Crippen LogP contribution in [0.4, 0.5) is 0 Å². The van der Waals surface area contributed by atoms with Crippen molar-refractivity contribution in [2.45, 2.75) is 32.6 Å². The molecule has 0 unspecified atom stereocenters. The van der Waals surface area contributed by atoms with Crippen LogP contribution in [0.25, 0.3) is 10.9 Å². The van der Waals surface area contributed by atoms with Gasteiger partial charge in [-0.05, 0) is 36.4 Å². The minimum absolute atomic E-state index is 1.14. The normalized spacial score (nSPS) is 10.1. The molecule has 2 rings (SSSR count). The molecule has 0 atom stereocenters. The summed E-state index contributed by atoms with van der Waals surface area (Å²) in [6, 6.07) is 6.74. The van der Waals surface area contributed by atoms with E-state index in [1.54, 1.807) is 0 Å². The van der Waals surface area contributed by atoms with Crippen molar-refractivity contribution >= 4 is 22.7 Å². The average molecular weight is 235 g/mol. The number of hydrogen-bond donors (Lipinski definition) is 0. The van der Waals surface area contributed by atoms with Crippen LogP contribution >= 0.6 is 11.8 Å². The van der Waals surface area contributed by atoms with Gasteiger partial charge in [-0.25, -0.2) is 0 Å². The zero-order valence-corrected chi connectivity index (χ0v) is 11.7. The zero-order chi connectivity index (χ0) is 12.1. The minimum atomic E-state index is 1.14. The van der Waals surface area contributed by atoms with Crippen molar-refractivity contribution in [2.24, 2.45) is 7.05 Å². The second kappa shape index (κ2) is 6.00. The van der Waals surface area contributed by atoms with E-state index in [-0.39, 0.29) is 0 Å². The fourth-order valence-electron chi connectivity index (χ4n) is 1.71. The molecule has 1 nitrogen and oxygen atoms in total. The minimum Gasteiger partial charge on any atom is -0.351 e. The van der Waals surface area contributed by atoms with E-state index in [9.17, 15) is 0 Å². The molecule has 1 aromatic carbocycles. The van der Waals surface area contributed by atoms with Gasteiger partial charge in [0.1, 0.15) is 0 Å². The van der Waals surface area contributed by atoms with Gasteiger partial charge >= 0.3 is 0 Å². The van der Waals surface area contributed by atoms with Gasteiger partial charge in [-0.1, -0.05) is 20.8 Å². The van der Waals surface area contributed by atoms with Gasteiger partial charge in [0.25, 0.3) is 0 Å². The summed E-state index contributed by atoms with van der Waals surface area (Å²) < 4.78 is 2.17. The fourth-order valence-corrected chi connectivity index (χ4v) is 2.52. The van der Waals surface area contributed by atoms with Crippen LogP contribution in [-0.2, 0) is 7.05 Å². The Bertz CT molecular complexity index is 457. The van der Waals surface area contributed by atoms with Crippen molar-refractivity contribution < 1.29 is 0 Å². The molecule has 0 radical (unpaired) electrons. The topological polar surface area (TPSA) is 4.93 Å². The first-order valence-electron chi connectivity index (χ1n) is 5.91. The lowest BCUT2D eigenvalue weighted by Crippen LogP contribution is -1.86. The van der Waals surface area contributed by atoms with E-state index in [1.807, 2.05) is 25.6 Å². The molecule has 2 aromatic rings. The Labute approximate surface area is 103 Å². The van der Waals surface area contributed by atoms with E-state index in [2.05, 4.69) is 49.9 Å². The molecule has 0 N–H and O–H groups in total. The number of fused-ring (bicyclic) bond motifs is 1. The molecule has 0 amide bonds. The standard InChI is InChI=1S/C12H15NS.C2H6/c1-4-14-12-8-10-5-6-13(3)11(10)7-9(12)2;1-2/h5-8H,4H2,1-3H3;1-2H3. The molecule has 0 saturated heterocycles. The number of nitrogens with zero attached hydrogens (tertiary/aromatic N) is 1. The number of aromatic nitrogens is 1. The Morgan fingerprint density at radius 3 is 2.56 bits per heavy atom. The maximum absolute atomic E-state index is 2.29. The number of benzene rings is 1. The number of thioether (sulfide) groups is 1. The van der Waals surface area contributed by atoms with Crippen LogP contribution in [0.2, 0.25) is 0 Å². The lowest BCUT2D eigenvalue weighted by Gasteiger charge is -2.05. The third-order valence-electron chi connectivity index (χ3n) is 2.48. The van der Waals surface area contributed by atoms with Crippen molar-refractivity contribution in [3.8, 4) is 0 Å². The SMILES string of the molecule is CC.CCSc1cc2ccn(C)c2cc1C. The molecule has 0 saturated carbocycles. The Morgan fingerprint density at radius 2 is 1.94 bits per heavy atom. The van der Waals surface area contributed by atoms with Crippen molar-refractivity contribution in [2.75, 3.05) is 5.75 Å². The van der Waals surface area contributed by atoms with Gasteiger partial charge in [0.2, 0.25) is 0 Å². The molecule has 0 aliphatic carbocycles. The molecular formula is C14H21NS. The largest absolute Gasteiger partial charge is 0.351 e. The highest BCUT2D eigenvalue weighted by Crippen LogP contribution is 2.27. The van der Waals surface area contributed by atoms with E-state index in [1.165, 1.54) is 21.4 Å². The molecule has 0 aliphatic rings. The molecule has 88 valence electrons. The first-order chi connectivity index (χ1) is 7.72. The molecule has 0 bridgehead atoms. The second-order valence-electron chi connectivity index (χ2n) is 3.54. The van der Waals surface area contributed by atoms with E-state index in [0.29, 0.717) is 0 Å². The number of rotatable bonds is 2. The molecular weight excluding hydrogens is 214 g/mol. The van der Waals surface area contributed by atoms with E-state index in [0.717, 1.165) is 5.75 Å². The van der Waals surface area contributed by atoms with Crippen LogP contribution in [-0.4, -0.2) is 10.3 Å². The van der Waals surface area contributed by atoms with Crippen LogP contribution in [0.1, 0.15) is 26.3 Å². The van der Waals surface area contributed by atoms with Crippen molar-refractivity contribution in [3.63, 3.8) is 0 Å². The molecule has 0 aliphatic heterocycles. The van der Waals surface area contributed by atoms with Crippen molar-refractivity contribution in [1.82, 2.24) is 4.57 Å². The van der Waals surface area contributed by atoms with Crippen LogP contribution in [0, 0.1) is 6.92 Å². The Hall–Kier alpha value is -0.890. The summed E-state index contributed by atoms with van der Waals surface area (Å²) >= 11 is 1.92. The lowest BCUT2D eigenvalue weighted by atomic mass is 10.2. The molecule has 0 spiro atoms. The Kier molecular flexibility index (Phi) is 4.94. The van der Waals surface area contributed by atoms with Crippen molar-refractivity contribution in [3.05, 3.63) is 30.0 Å². The second-order valence-corrected chi connectivity index (χ2v) is 4.84. The average Bonchev–Trinajstić information content (AvgIpc) is 2.64. The monoisotopic (exact) mass is 235 g/mol. The van der Waals surface area contributed by atoms with Gasteiger partial charge in [-0.15, -0.1) is 11.8 Å². The summed E-state index contributed by atoms with van der Waals surface area (Å²) in [7, 11) is 2.09. The highest BCUT2D eigenvalue weighted by molar-refractivity contribution is 7.99. The zero-order valence-electron chi connectivity index (χ0n) is 10.9. The lowest BCUT2D eigenvalue weighted by molar-refractivity contribution is 0.967. The smallest absolute Gasteiger partial charge is 0.0481 e. The summed E-state index contributed by atoms with van der Waals surface area (Å²) in [5.41, 5.74) is 2.70. The number of hydrogen-bond acceptors (Lipinski definition) is 1. The van der Waals surface area contributed by atoms with Crippen LogP contribution < -0.4 is 0 Å². The van der Waals surface area contributed by atoms with E-state index >= 15 is 0 Å². The molecule has 1 aromatic heterocycles. The summed E-state index contributed by atoms with van der Waals surface area (Å²) in [5.74, 6) is 1.14. The quantitative estimate of drug-likeness (QED) is 0.687. The summed E-state index contributed by atoms with van der Waals surface area (Å²) in [6.45, 7) is 8.38. The van der Waals surface area contributed by atoms with Gasteiger partial charge in [-0.2, -0.15) is 0 Å². The summed E-state index contributed by atoms with van der Waals surface area (Å²) in [4.78, 5) is 1.41. The highest BCUT2D eigenvalue weighted by atomic mass is 32.2. The van der Waals surface area contributed by atoms with E-state index in [4.69, 9.17) is 0 Å². The van der Waals surface area contributed by atoms with Gasteiger partial charge in [0.05, 0.1) is 0 Å². The summed E-state index contributed by atoms with van der Waals surface area (Å²) in [6.07, 6.45) is 2.12. The molecule has 16 heavy (non-hydrogen) atoms. The predicted molar refractivity (Wildman–Crippen MR) is 75.4 cm³/mol. The predicted octanol–water partition coefficient (Wildman–Crippen LogP) is 4.62. The van der Waals surface area contributed by atoms with E-state index < -0.39 is 0 Å². The Morgan fingerprint density at radius 1 is 1.25 bits per heavy atom. The fraction of sp³-hybridized carbons (Fsp3) is 0.429. The van der Waals surface area contributed by atoms with Gasteiger partial charge in [-0.3, -0.25) is 0 Å². The molecule has 0 fully saturated rings. The van der Waals surface area contributed by atoms with Crippen LogP contribution in [0.5, 0.6) is 0 Å². The van der Waals surface area contributed by atoms with Gasteiger partial charge in [0.15, 0.2) is 0 Å². The third kappa shape index (κ3) is 2.62. The highest BCUT2D eigenvalue weighted by Gasteiger charge is 2.03. The molecule has 2 heteroatoms. The van der Waals surface area contributed by atoms with Crippen LogP contribution in [0.3, 0.4) is 0 Å². The van der Waals surface area contributed by atoms with Crippen LogP contribution in [0.15, 0.2) is 29.3 Å². The van der Waals surface area contributed by atoms with Gasteiger partial charge < -0.3 is 4.57 Å². The maximum atomic E-state index is 2.29. The van der Waals surface area contributed by atoms with Crippen molar-refractivity contribution in [1.29, 1.82) is 0 Å².